The van der Waals surface area contributed by atoms with Gasteiger partial charge in [-0.1, -0.05) is 12.1 Å². The van der Waals surface area contributed by atoms with Crippen molar-refractivity contribution < 1.29 is 19.4 Å². The Hall–Kier alpha value is -3.36. The van der Waals surface area contributed by atoms with E-state index in [1.54, 1.807) is 24.3 Å². The molecule has 0 radical (unpaired) electrons. The minimum absolute atomic E-state index is 0.00706. The Kier molecular flexibility index (Phi) is 7.49. The van der Waals surface area contributed by atoms with Gasteiger partial charge in [0.1, 0.15) is 5.82 Å². The molecule has 0 unspecified atom stereocenters. The lowest BCUT2D eigenvalue weighted by Gasteiger charge is -2.26. The molecule has 2 aromatic heterocycles. The van der Waals surface area contributed by atoms with Crippen molar-refractivity contribution >= 4 is 17.8 Å². The highest BCUT2D eigenvalue weighted by Crippen LogP contribution is 2.54. The number of anilines is 1. The average Bonchev–Trinajstić information content (AvgIpc) is 3.54. The number of hydrogen-bond acceptors (Lipinski definition) is 6. The van der Waals surface area contributed by atoms with Crippen molar-refractivity contribution in [2.24, 2.45) is 0 Å². The van der Waals surface area contributed by atoms with Crippen LogP contribution in [0.15, 0.2) is 36.5 Å². The van der Waals surface area contributed by atoms with E-state index in [-0.39, 0.29) is 12.5 Å². The molecule has 1 saturated heterocycles. The third-order valence-corrected chi connectivity index (χ3v) is 6.76. The van der Waals surface area contributed by atoms with Crippen LogP contribution in [0.5, 0.6) is 5.88 Å². The summed E-state index contributed by atoms with van der Waals surface area (Å²) in [5.74, 6) is 0.854. The molecule has 9 heteroatoms. The molecule has 1 saturated carbocycles. The normalized spacial score (nSPS) is 17.5. The zero-order chi connectivity index (χ0) is 24.0. The van der Waals surface area contributed by atoms with E-state index in [2.05, 4.69) is 22.4 Å². The van der Waals surface area contributed by atoms with Gasteiger partial charge in [0.05, 0.1) is 13.5 Å². The summed E-state index contributed by atoms with van der Waals surface area (Å²) in [5, 5.41) is 12.2. The van der Waals surface area contributed by atoms with Crippen LogP contribution in [0.3, 0.4) is 0 Å². The van der Waals surface area contributed by atoms with Gasteiger partial charge in [0.25, 0.3) is 0 Å². The molecule has 0 bridgehead atoms. The maximum Gasteiger partial charge on any atom is 0.320 e. The van der Waals surface area contributed by atoms with Gasteiger partial charge in [-0.2, -0.15) is 0 Å². The first-order chi connectivity index (χ1) is 16.5. The molecule has 2 amide bonds. The Bertz CT molecular complexity index is 996. The van der Waals surface area contributed by atoms with Crippen LogP contribution in [0.25, 0.3) is 0 Å². The minimum atomic E-state index is -0.865. The Morgan fingerprint density at radius 1 is 1.15 bits per heavy atom. The molecule has 2 N–H and O–H groups in total. The molecule has 9 nitrogen and oxygen atoms in total. The first-order valence-corrected chi connectivity index (χ1v) is 12.0. The zero-order valence-corrected chi connectivity index (χ0v) is 19.7. The third kappa shape index (κ3) is 5.76. The Balaban J connectivity index is 0.000000291. The fourth-order valence-corrected chi connectivity index (χ4v) is 4.62. The monoisotopic (exact) mass is 467 g/mol. The predicted molar refractivity (Wildman–Crippen MR) is 128 cm³/mol. The SMILES string of the molecule is COc1ccccn1.O=C(O)CCN1CCN(CCCc2ccc3c(n2)NCCC32CC2)C1=O. The fourth-order valence-electron chi connectivity index (χ4n) is 4.62. The maximum atomic E-state index is 12.3. The van der Waals surface area contributed by atoms with E-state index in [4.69, 9.17) is 14.8 Å². The maximum absolute atomic E-state index is 12.3. The van der Waals surface area contributed by atoms with Gasteiger partial charge in [0.2, 0.25) is 5.88 Å². The van der Waals surface area contributed by atoms with Gasteiger partial charge in [-0.25, -0.2) is 14.8 Å². The highest BCUT2D eigenvalue weighted by atomic mass is 16.5. The van der Waals surface area contributed by atoms with Crippen LogP contribution in [0.2, 0.25) is 0 Å². The molecule has 3 aliphatic rings. The number of aryl methyl sites for hydroxylation is 1. The standard InChI is InChI=1S/C19H26N4O3.C6H7NO/c24-16(25)5-11-23-13-12-22(18(23)26)10-1-2-14-3-4-15-17(21-14)20-9-8-19(15)6-7-19;1-8-6-4-2-3-5-7-6/h3-4H,1-2,5-13H2,(H,20,21)(H,24,25);2-5H,1H3. The predicted octanol–water partition coefficient (Wildman–Crippen LogP) is 3.16. The highest BCUT2D eigenvalue weighted by molar-refractivity contribution is 5.77. The van der Waals surface area contributed by atoms with Crippen LogP contribution < -0.4 is 10.1 Å². The number of carboxylic acid groups (broad SMARTS) is 1. The van der Waals surface area contributed by atoms with Gasteiger partial charge in [-0.3, -0.25) is 4.79 Å². The summed E-state index contributed by atoms with van der Waals surface area (Å²) in [5.41, 5.74) is 2.87. The van der Waals surface area contributed by atoms with E-state index in [9.17, 15) is 9.59 Å². The zero-order valence-electron chi connectivity index (χ0n) is 19.7. The van der Waals surface area contributed by atoms with Crippen LogP contribution in [0.4, 0.5) is 10.6 Å². The van der Waals surface area contributed by atoms with Crippen molar-refractivity contribution in [3.05, 3.63) is 47.8 Å². The van der Waals surface area contributed by atoms with Gasteiger partial charge in [0, 0.05) is 61.7 Å². The summed E-state index contributed by atoms with van der Waals surface area (Å²) in [6, 6.07) is 9.87. The first kappa shape index (κ1) is 23.8. The Labute approximate surface area is 200 Å². The van der Waals surface area contributed by atoms with E-state index in [1.807, 2.05) is 17.0 Å². The van der Waals surface area contributed by atoms with Crippen LogP contribution in [-0.4, -0.2) is 76.7 Å². The topological polar surface area (TPSA) is 108 Å². The number of nitrogens with zero attached hydrogens (tertiary/aromatic N) is 4. The van der Waals surface area contributed by atoms with Gasteiger partial charge < -0.3 is 25.0 Å². The van der Waals surface area contributed by atoms with Crippen molar-refractivity contribution in [3.8, 4) is 5.88 Å². The lowest BCUT2D eigenvalue weighted by atomic mass is 9.90. The average molecular weight is 468 g/mol. The van der Waals surface area contributed by atoms with Gasteiger partial charge in [-0.15, -0.1) is 0 Å². The minimum Gasteiger partial charge on any atom is -0.481 e. The Morgan fingerprint density at radius 3 is 2.59 bits per heavy atom. The second kappa shape index (κ2) is 10.7. The summed E-state index contributed by atoms with van der Waals surface area (Å²) < 4.78 is 4.80. The summed E-state index contributed by atoms with van der Waals surface area (Å²) in [6.07, 6.45) is 7.22. The lowest BCUT2D eigenvalue weighted by Crippen LogP contribution is -2.33. The van der Waals surface area contributed by atoms with Crippen molar-refractivity contribution in [1.29, 1.82) is 0 Å². The number of urea groups is 1. The molecule has 182 valence electrons. The van der Waals surface area contributed by atoms with E-state index in [0.717, 1.165) is 30.9 Å². The number of carbonyl (C=O) groups is 2. The number of hydrogen-bond donors (Lipinski definition) is 2. The number of aliphatic carboxylic acids is 1. The van der Waals surface area contributed by atoms with Gasteiger partial charge in [-0.05, 0) is 44.2 Å². The van der Waals surface area contributed by atoms with Crippen molar-refractivity contribution in [2.45, 2.75) is 43.9 Å². The van der Waals surface area contributed by atoms with E-state index in [1.165, 1.54) is 24.8 Å². The van der Waals surface area contributed by atoms with Crippen LogP contribution in [-0.2, 0) is 16.6 Å². The quantitative estimate of drug-likeness (QED) is 0.614. The molecule has 0 aromatic carbocycles. The number of carboxylic acids is 1. The molecule has 1 aliphatic carbocycles. The number of aromatic nitrogens is 2. The number of amides is 2. The summed E-state index contributed by atoms with van der Waals surface area (Å²) in [6.45, 7) is 3.30. The molecular weight excluding hydrogens is 434 g/mol. The number of methoxy groups -OCH3 is 1. The molecular formula is C25H33N5O4. The fraction of sp³-hybridized carbons (Fsp3) is 0.520. The number of nitrogens with one attached hydrogen (secondary N) is 1. The number of rotatable bonds is 8. The van der Waals surface area contributed by atoms with Gasteiger partial charge >= 0.3 is 12.0 Å². The second-order valence-corrected chi connectivity index (χ2v) is 9.03. The number of pyridine rings is 2. The number of carbonyl (C=O) groups excluding carboxylic acids is 1. The van der Waals surface area contributed by atoms with Crippen molar-refractivity contribution in [2.75, 3.05) is 45.2 Å². The molecule has 34 heavy (non-hydrogen) atoms. The van der Waals surface area contributed by atoms with Crippen molar-refractivity contribution in [1.82, 2.24) is 19.8 Å². The highest BCUT2D eigenvalue weighted by Gasteiger charge is 2.47. The smallest absolute Gasteiger partial charge is 0.320 e. The molecule has 4 heterocycles. The molecule has 2 aliphatic heterocycles. The van der Waals surface area contributed by atoms with Crippen LogP contribution in [0.1, 0.15) is 43.4 Å². The van der Waals surface area contributed by atoms with E-state index >= 15 is 0 Å². The molecule has 0 atom stereocenters. The van der Waals surface area contributed by atoms with Gasteiger partial charge in [0.15, 0.2) is 0 Å². The molecule has 2 fully saturated rings. The first-order valence-electron chi connectivity index (χ1n) is 12.0. The third-order valence-electron chi connectivity index (χ3n) is 6.76. The molecule has 1 spiro atoms. The lowest BCUT2D eigenvalue weighted by molar-refractivity contribution is -0.137. The van der Waals surface area contributed by atoms with E-state index < -0.39 is 5.97 Å². The van der Waals surface area contributed by atoms with Crippen LogP contribution in [0, 0.1) is 0 Å². The Morgan fingerprint density at radius 2 is 1.94 bits per heavy atom. The molecule has 5 rings (SSSR count). The summed E-state index contributed by atoms with van der Waals surface area (Å²) in [4.78, 5) is 35.0. The number of ether oxygens (including phenoxy) is 1. The summed E-state index contributed by atoms with van der Waals surface area (Å²) in [7, 11) is 1.60. The van der Waals surface area contributed by atoms with Crippen LogP contribution >= 0.6 is 0 Å². The second-order valence-electron chi connectivity index (χ2n) is 9.03. The summed E-state index contributed by atoms with van der Waals surface area (Å²) >= 11 is 0. The largest absolute Gasteiger partial charge is 0.481 e. The number of fused-ring (bicyclic) bond motifs is 2. The molecule has 2 aromatic rings. The van der Waals surface area contributed by atoms with E-state index in [0.29, 0.717) is 37.5 Å². The van der Waals surface area contributed by atoms with Crippen molar-refractivity contribution in [3.63, 3.8) is 0 Å².